The van der Waals surface area contributed by atoms with Gasteiger partial charge in [0.15, 0.2) is 0 Å². The smallest absolute Gasteiger partial charge is 0.349 e. The second kappa shape index (κ2) is 12.1. The van der Waals surface area contributed by atoms with Crippen LogP contribution in [0.15, 0.2) is 78.9 Å². The number of hydrogen-bond acceptors (Lipinski definition) is 2. The van der Waals surface area contributed by atoms with Crippen molar-refractivity contribution in [2.75, 3.05) is 0 Å². The number of fused-ring (bicyclic) bond motifs is 2. The van der Waals surface area contributed by atoms with Gasteiger partial charge < -0.3 is 10.2 Å². The minimum Gasteiger partial charge on any atom is -0.349 e. The van der Waals surface area contributed by atoms with Gasteiger partial charge in [0.2, 0.25) is 11.8 Å². The van der Waals surface area contributed by atoms with E-state index >= 15 is 4.79 Å². The van der Waals surface area contributed by atoms with E-state index < -0.39 is 17.3 Å². The van der Waals surface area contributed by atoms with Gasteiger partial charge in [-0.3, -0.25) is 9.59 Å². The summed E-state index contributed by atoms with van der Waals surface area (Å²) in [5.41, 5.74) is 2.12. The molecule has 252 valence electrons. The molecule has 3 aromatic rings. The second-order valence-electron chi connectivity index (χ2n) is 16.0. The van der Waals surface area contributed by atoms with Crippen molar-refractivity contribution in [1.29, 1.82) is 0 Å². The number of hydrogen-bond donors (Lipinski definition) is 1. The first kappa shape index (κ1) is 31.6. The molecule has 6 aliphatic rings. The van der Waals surface area contributed by atoms with Crippen LogP contribution in [0, 0.1) is 29.6 Å². The van der Waals surface area contributed by atoms with Crippen LogP contribution in [-0.4, -0.2) is 27.8 Å². The van der Waals surface area contributed by atoms with Crippen molar-refractivity contribution < 1.29 is 22.8 Å². The Kier molecular flexibility index (Phi) is 7.95. The Morgan fingerprint density at radius 1 is 0.729 bits per heavy atom. The fraction of sp³-hybridized carbons (Fsp3) is 0.512. The van der Waals surface area contributed by atoms with Gasteiger partial charge in [0.1, 0.15) is 5.54 Å². The molecule has 0 spiro atoms. The number of nitrogens with one attached hydrogen (secondary N) is 1. The molecular weight excluding hydrogens is 609 g/mol. The van der Waals surface area contributed by atoms with E-state index in [-0.39, 0.29) is 36.2 Å². The van der Waals surface area contributed by atoms with Crippen LogP contribution in [0.4, 0.5) is 13.2 Å². The molecule has 4 bridgehead atoms. The maximum Gasteiger partial charge on any atom is 0.416 e. The Morgan fingerprint density at radius 2 is 1.31 bits per heavy atom. The van der Waals surface area contributed by atoms with Crippen LogP contribution in [0.2, 0.25) is 0 Å². The monoisotopic (exact) mass is 654 g/mol. The standard InChI is InChI=1S/C41H45F3N2O2/c42-41(43,44)36-12-10-28(11-13-36)26-46(37(47)19-27-6-2-1-3-7-27)40(15-14-34-20-32-8-4-5-9-33(32)21-35(34)25-40)38(48)45-39-22-29-16-30(23-39)18-31(17-29)24-39/h1-13,29-31,34-35H,14-26H2,(H,45,48)/t29?,30?,31?,34-,35-,39?,40+/m0/s1. The number of rotatable bonds is 7. The molecule has 7 heteroatoms. The van der Waals surface area contributed by atoms with E-state index in [0.29, 0.717) is 42.1 Å². The van der Waals surface area contributed by atoms with Gasteiger partial charge in [0.05, 0.1) is 12.0 Å². The van der Waals surface area contributed by atoms with Crippen molar-refractivity contribution in [3.05, 3.63) is 107 Å². The van der Waals surface area contributed by atoms with Gasteiger partial charge >= 0.3 is 6.18 Å². The van der Waals surface area contributed by atoms with Crippen molar-refractivity contribution in [1.82, 2.24) is 10.2 Å². The van der Waals surface area contributed by atoms with Crippen LogP contribution in [0.1, 0.15) is 85.6 Å². The number of halogens is 3. The summed E-state index contributed by atoms with van der Waals surface area (Å²) in [5.74, 6) is 2.42. The maximum absolute atomic E-state index is 15.2. The zero-order chi connectivity index (χ0) is 33.1. The lowest BCUT2D eigenvalue weighted by Gasteiger charge is -2.58. The lowest BCUT2D eigenvalue weighted by atomic mass is 9.52. The van der Waals surface area contributed by atoms with Crippen LogP contribution in [0.25, 0.3) is 0 Å². The largest absolute Gasteiger partial charge is 0.416 e. The van der Waals surface area contributed by atoms with E-state index in [9.17, 15) is 18.0 Å². The molecule has 1 N–H and O–H groups in total. The van der Waals surface area contributed by atoms with Gasteiger partial charge in [-0.05, 0) is 135 Å². The molecule has 0 unspecified atom stereocenters. The van der Waals surface area contributed by atoms with Gasteiger partial charge in [0, 0.05) is 12.1 Å². The molecule has 2 amide bonds. The van der Waals surface area contributed by atoms with Crippen LogP contribution in [0.3, 0.4) is 0 Å². The zero-order valence-electron chi connectivity index (χ0n) is 27.5. The highest BCUT2D eigenvalue weighted by molar-refractivity contribution is 5.93. The van der Waals surface area contributed by atoms with Crippen LogP contribution >= 0.6 is 0 Å². The van der Waals surface area contributed by atoms with Gasteiger partial charge in [-0.2, -0.15) is 13.2 Å². The van der Waals surface area contributed by atoms with Gasteiger partial charge in [-0.15, -0.1) is 0 Å². The van der Waals surface area contributed by atoms with Crippen molar-refractivity contribution in [3.63, 3.8) is 0 Å². The summed E-state index contributed by atoms with van der Waals surface area (Å²) in [6.45, 7) is 0.0894. The molecule has 5 fully saturated rings. The summed E-state index contributed by atoms with van der Waals surface area (Å²) >= 11 is 0. The third-order valence-electron chi connectivity index (χ3n) is 12.8. The number of carbonyl (C=O) groups excluding carboxylic acids is 2. The molecule has 0 aliphatic heterocycles. The average Bonchev–Trinajstić information content (AvgIpc) is 3.05. The predicted octanol–water partition coefficient (Wildman–Crippen LogP) is 8.32. The molecular formula is C41H45F3N2O2. The first-order valence-corrected chi connectivity index (χ1v) is 18.0. The highest BCUT2D eigenvalue weighted by Crippen LogP contribution is 2.56. The van der Waals surface area contributed by atoms with E-state index in [4.69, 9.17) is 0 Å². The number of carbonyl (C=O) groups is 2. The maximum atomic E-state index is 15.2. The highest BCUT2D eigenvalue weighted by Gasteiger charge is 2.57. The predicted molar refractivity (Wildman–Crippen MR) is 179 cm³/mol. The highest BCUT2D eigenvalue weighted by atomic mass is 19.4. The van der Waals surface area contributed by atoms with E-state index in [2.05, 4.69) is 29.6 Å². The molecule has 5 saturated carbocycles. The van der Waals surface area contributed by atoms with E-state index in [1.54, 1.807) is 4.90 Å². The van der Waals surface area contributed by atoms with E-state index in [1.807, 2.05) is 30.3 Å². The topological polar surface area (TPSA) is 49.4 Å². The summed E-state index contributed by atoms with van der Waals surface area (Å²) in [7, 11) is 0. The summed E-state index contributed by atoms with van der Waals surface area (Å²) in [4.78, 5) is 31.7. The minimum atomic E-state index is -4.45. The summed E-state index contributed by atoms with van der Waals surface area (Å²) < 4.78 is 40.5. The number of nitrogens with zero attached hydrogens (tertiary/aromatic N) is 1. The molecule has 9 rings (SSSR count). The molecule has 0 heterocycles. The average molecular weight is 655 g/mol. The van der Waals surface area contributed by atoms with Crippen molar-refractivity contribution in [2.45, 2.75) is 101 Å². The quantitative estimate of drug-likeness (QED) is 0.279. The third kappa shape index (κ3) is 5.96. The molecule has 3 atom stereocenters. The Balaban J connectivity index is 1.18. The molecule has 0 radical (unpaired) electrons. The lowest BCUT2D eigenvalue weighted by Crippen LogP contribution is -2.69. The van der Waals surface area contributed by atoms with Crippen LogP contribution < -0.4 is 5.32 Å². The van der Waals surface area contributed by atoms with Crippen molar-refractivity contribution in [3.8, 4) is 0 Å². The number of benzene rings is 3. The van der Waals surface area contributed by atoms with Crippen LogP contribution in [-0.2, 0) is 41.6 Å². The normalized spacial score (nSPS) is 31.9. The first-order valence-electron chi connectivity index (χ1n) is 18.0. The molecule has 0 aromatic heterocycles. The summed E-state index contributed by atoms with van der Waals surface area (Å²) in [6.07, 6.45) is 6.29. The van der Waals surface area contributed by atoms with Gasteiger partial charge in [0.25, 0.3) is 0 Å². The van der Waals surface area contributed by atoms with Crippen molar-refractivity contribution >= 4 is 11.8 Å². The second-order valence-corrected chi connectivity index (χ2v) is 16.0. The van der Waals surface area contributed by atoms with E-state index in [1.165, 1.54) is 42.5 Å². The number of alkyl halides is 3. The Labute approximate surface area is 281 Å². The van der Waals surface area contributed by atoms with Gasteiger partial charge in [-0.25, -0.2) is 0 Å². The van der Waals surface area contributed by atoms with E-state index in [0.717, 1.165) is 56.2 Å². The molecule has 3 aromatic carbocycles. The lowest BCUT2D eigenvalue weighted by molar-refractivity contribution is -0.157. The fourth-order valence-electron chi connectivity index (χ4n) is 10.9. The molecule has 4 nitrogen and oxygen atoms in total. The molecule has 48 heavy (non-hydrogen) atoms. The Bertz CT molecular complexity index is 1630. The summed E-state index contributed by atoms with van der Waals surface area (Å²) in [5, 5.41) is 3.68. The Hall–Kier alpha value is -3.61. The first-order chi connectivity index (χ1) is 23.1. The zero-order valence-corrected chi connectivity index (χ0v) is 27.5. The van der Waals surface area contributed by atoms with Gasteiger partial charge in [-0.1, -0.05) is 66.7 Å². The number of amides is 2. The van der Waals surface area contributed by atoms with Crippen LogP contribution in [0.5, 0.6) is 0 Å². The SMILES string of the molecule is O=C(Cc1ccccc1)N(Cc1ccc(C(F)(F)F)cc1)[C@]1(C(=O)NC23CC4CC(CC(C4)C2)C3)CC[C@H]2Cc3ccccc3C[C@H]2C1. The third-order valence-corrected chi connectivity index (χ3v) is 12.8. The fourth-order valence-corrected chi connectivity index (χ4v) is 10.9. The molecule has 6 aliphatic carbocycles. The molecule has 0 saturated heterocycles. The Morgan fingerprint density at radius 3 is 1.92 bits per heavy atom. The minimum absolute atomic E-state index is 0.0462. The van der Waals surface area contributed by atoms with Crippen molar-refractivity contribution in [2.24, 2.45) is 29.6 Å². The summed E-state index contributed by atoms with van der Waals surface area (Å²) in [6, 6.07) is 23.3.